The summed E-state index contributed by atoms with van der Waals surface area (Å²) in [6, 6.07) is -7.57. The zero-order valence-electron chi connectivity index (χ0n) is 42.2. The number of hydrogen-bond acceptors (Lipinski definition) is 16. The first-order chi connectivity index (χ1) is 35.7. The second kappa shape index (κ2) is 31.5. The molecule has 0 spiro atoms. The van der Waals surface area contributed by atoms with E-state index >= 15 is 0 Å². The first-order valence-corrected chi connectivity index (χ1v) is 24.0. The minimum atomic E-state index is -2.00. The predicted octanol–water partition coefficient (Wildman–Crippen LogP) is -6.32. The maximum absolute atomic E-state index is 14.0. The van der Waals surface area contributed by atoms with Gasteiger partial charge in [0.25, 0.3) is 0 Å². The molecular weight excluding hydrogens is 1000 g/mol. The largest absolute Gasteiger partial charge is 0.481 e. The Hall–Kier alpha value is -8.25. The van der Waals surface area contributed by atoms with Gasteiger partial charge >= 0.3 is 11.9 Å². The molecule has 76 heavy (non-hydrogen) atoms. The molecule has 2 aromatic rings. The van der Waals surface area contributed by atoms with Gasteiger partial charge in [-0.25, -0.2) is 4.79 Å². The molecule has 0 aliphatic rings. The maximum atomic E-state index is 14.0. The third kappa shape index (κ3) is 21.7. The lowest BCUT2D eigenvalue weighted by atomic mass is 10.0. The van der Waals surface area contributed by atoms with Crippen LogP contribution in [0.1, 0.15) is 84.1 Å². The highest BCUT2D eigenvalue weighted by atomic mass is 16.4. The molecule has 1 aromatic heterocycles. The van der Waals surface area contributed by atoms with Crippen LogP contribution in [0, 0.1) is 5.92 Å². The quantitative estimate of drug-likeness (QED) is 0.0286. The molecule has 0 aliphatic heterocycles. The van der Waals surface area contributed by atoms with Crippen LogP contribution in [0.2, 0.25) is 0 Å². The summed E-state index contributed by atoms with van der Waals surface area (Å²) >= 11 is 0. The van der Waals surface area contributed by atoms with Gasteiger partial charge in [-0.15, -0.1) is 0 Å². The third-order valence-corrected chi connectivity index (χ3v) is 11.5. The highest BCUT2D eigenvalue weighted by Gasteiger charge is 2.36. The molecule has 0 fully saturated rings. The highest BCUT2D eigenvalue weighted by Crippen LogP contribution is 2.19. The number of nitrogens with two attached hydrogens (primary N) is 5. The lowest BCUT2D eigenvalue weighted by molar-refractivity contribution is -0.143. The number of aliphatic carboxylic acids is 2. The molecule has 0 radical (unpaired) electrons. The van der Waals surface area contributed by atoms with Crippen LogP contribution in [0.3, 0.4) is 0 Å². The Labute approximate surface area is 435 Å². The standard InChI is InChI=1S/C46H70N14O16/c1-21(2)37(45(74)55-27(10-6-7-15-47)40(69)56-29(17-35(51)64)42(71)58-31(46(75)76)16-23-19-52-26-9-5-4-8-24(23)26)60-43(72)30(18-36(65)66)57-41(70)28(12-14-34(50)63)54-44(73)32(20-61)59-38(67)22(3)53-39(68)25(48)11-13-33(49)62/h4-5,8-9,19,21-22,25,27-32,37,52,61H,6-7,10-18,20,47-48H2,1-3H3,(H2,49,62)(H2,50,63)(H2,51,64)(H,53,68)(H,54,73)(H,55,74)(H,56,69)(H,57,70)(H,58,71)(H,59,67)(H,60,72)(H,65,66)(H,75,76)/t22-,25-,27-,28-,29-,30-,31-,32-,37-/m0/s1. The van der Waals surface area contributed by atoms with Crippen molar-refractivity contribution in [1.29, 1.82) is 0 Å². The number of carbonyl (C=O) groups excluding carboxylic acids is 11. The number of rotatable bonds is 35. The van der Waals surface area contributed by atoms with E-state index in [-0.39, 0.29) is 38.6 Å². The van der Waals surface area contributed by atoms with Gasteiger partial charge in [0.1, 0.15) is 48.3 Å². The number of primary amides is 3. The van der Waals surface area contributed by atoms with E-state index in [9.17, 15) is 77.6 Å². The van der Waals surface area contributed by atoms with Crippen molar-refractivity contribution in [3.05, 3.63) is 36.0 Å². The Kier molecular flexibility index (Phi) is 26.4. The van der Waals surface area contributed by atoms with Crippen LogP contribution < -0.4 is 71.2 Å². The summed E-state index contributed by atoms with van der Waals surface area (Å²) in [5.41, 5.74) is 28.4. The number of amides is 11. The molecule has 0 aliphatic carbocycles. The monoisotopic (exact) mass is 1070 g/mol. The number of H-pyrrole nitrogens is 1. The average Bonchev–Trinajstić information content (AvgIpc) is 3.75. The van der Waals surface area contributed by atoms with Gasteiger partial charge in [-0.05, 0) is 63.1 Å². The lowest BCUT2D eigenvalue weighted by Crippen LogP contribution is -2.61. The van der Waals surface area contributed by atoms with Gasteiger partial charge in [0, 0.05) is 36.4 Å². The fourth-order valence-electron chi connectivity index (χ4n) is 7.28. The third-order valence-electron chi connectivity index (χ3n) is 11.5. The zero-order chi connectivity index (χ0) is 57.4. The molecule has 420 valence electrons. The Morgan fingerprint density at radius 3 is 1.61 bits per heavy atom. The number of carboxylic acids is 2. The average molecular weight is 1080 g/mol. The van der Waals surface area contributed by atoms with Gasteiger partial charge in [-0.3, -0.25) is 57.5 Å². The van der Waals surface area contributed by atoms with Crippen LogP contribution >= 0.6 is 0 Å². The summed E-state index contributed by atoms with van der Waals surface area (Å²) in [4.78, 5) is 170. The van der Waals surface area contributed by atoms with Crippen LogP contribution in [0.15, 0.2) is 30.5 Å². The van der Waals surface area contributed by atoms with Gasteiger partial charge in [0.05, 0.1) is 25.5 Å². The van der Waals surface area contributed by atoms with Gasteiger partial charge in [-0.2, -0.15) is 0 Å². The van der Waals surface area contributed by atoms with Crippen molar-refractivity contribution < 1.29 is 77.6 Å². The second-order valence-electron chi connectivity index (χ2n) is 18.1. The van der Waals surface area contributed by atoms with Gasteiger partial charge < -0.3 is 91.5 Å². The minimum absolute atomic E-state index is 0.127. The van der Waals surface area contributed by atoms with Gasteiger partial charge in [0.2, 0.25) is 65.0 Å². The van der Waals surface area contributed by atoms with E-state index in [1.165, 1.54) is 20.8 Å². The highest BCUT2D eigenvalue weighted by molar-refractivity contribution is 6.00. The van der Waals surface area contributed by atoms with Crippen LogP contribution in [0.5, 0.6) is 0 Å². The number of para-hydroxylation sites is 1. The summed E-state index contributed by atoms with van der Waals surface area (Å²) in [5, 5.41) is 48.7. The van der Waals surface area contributed by atoms with Crippen molar-refractivity contribution in [3.63, 3.8) is 0 Å². The van der Waals surface area contributed by atoms with Crippen molar-refractivity contribution in [2.75, 3.05) is 13.2 Å². The Bertz CT molecular complexity index is 2430. The van der Waals surface area contributed by atoms with E-state index in [1.807, 2.05) is 0 Å². The summed E-state index contributed by atoms with van der Waals surface area (Å²) < 4.78 is 0. The van der Waals surface area contributed by atoms with Crippen LogP contribution in [0.4, 0.5) is 0 Å². The number of fused-ring (bicyclic) bond motifs is 1. The van der Waals surface area contributed by atoms with E-state index in [2.05, 4.69) is 47.5 Å². The van der Waals surface area contributed by atoms with Crippen LogP contribution in [0.25, 0.3) is 10.9 Å². The smallest absolute Gasteiger partial charge is 0.326 e. The molecule has 2 rings (SSSR count). The first kappa shape index (κ1) is 63.9. The number of unbranched alkanes of at least 4 members (excludes halogenated alkanes) is 1. The second-order valence-corrected chi connectivity index (χ2v) is 18.1. The number of aliphatic hydroxyl groups is 1. The van der Waals surface area contributed by atoms with Crippen molar-refractivity contribution in [2.45, 2.75) is 139 Å². The summed E-state index contributed by atoms with van der Waals surface area (Å²) in [5.74, 6) is -15.5. The van der Waals surface area contributed by atoms with Crippen molar-refractivity contribution in [3.8, 4) is 0 Å². The van der Waals surface area contributed by atoms with E-state index in [1.54, 1.807) is 30.5 Å². The number of aromatic amines is 1. The maximum Gasteiger partial charge on any atom is 0.326 e. The number of carboxylic acid groups (broad SMARTS) is 2. The van der Waals surface area contributed by atoms with Crippen molar-refractivity contribution >= 4 is 87.8 Å². The summed E-state index contributed by atoms with van der Waals surface area (Å²) in [6.07, 6.45) is -1.64. The number of carbonyl (C=O) groups is 13. The molecule has 0 saturated carbocycles. The molecule has 0 bridgehead atoms. The number of benzene rings is 1. The Balaban J connectivity index is 2.31. The lowest BCUT2D eigenvalue weighted by Gasteiger charge is -2.28. The molecule has 22 N–H and O–H groups in total. The SMILES string of the molecule is CC(C)[C@H](NC(=O)[C@H](CC(=O)O)NC(=O)[C@H](CCC(N)=O)NC(=O)[C@H](CO)NC(=O)[C@H](C)NC(=O)[C@@H](N)CCC(N)=O)C(=O)N[C@@H](CCCCN)C(=O)N[C@@H](CC(N)=O)C(=O)N[C@@H](Cc1c[nH]c2ccccc12)C(=O)O. The molecule has 30 nitrogen and oxygen atoms in total. The topological polar surface area (TPSA) is 525 Å². The van der Waals surface area contributed by atoms with Crippen molar-refractivity contribution in [2.24, 2.45) is 34.6 Å². The summed E-state index contributed by atoms with van der Waals surface area (Å²) in [6.45, 7) is 3.20. The number of aromatic nitrogens is 1. The molecular formula is C46H70N14O16. The molecule has 30 heteroatoms. The van der Waals surface area contributed by atoms with Gasteiger partial charge in [0.15, 0.2) is 0 Å². The number of aliphatic hydroxyl groups excluding tert-OH is 1. The van der Waals surface area contributed by atoms with E-state index in [0.717, 1.165) is 0 Å². The van der Waals surface area contributed by atoms with Crippen LogP contribution in [-0.2, 0) is 68.7 Å². The van der Waals surface area contributed by atoms with E-state index in [0.29, 0.717) is 22.9 Å². The molecule has 1 aromatic carbocycles. The van der Waals surface area contributed by atoms with E-state index in [4.69, 9.17) is 28.7 Å². The number of hydrogen-bond donors (Lipinski definition) is 17. The first-order valence-electron chi connectivity index (χ1n) is 24.0. The fraction of sp³-hybridized carbons (Fsp3) is 0.543. The van der Waals surface area contributed by atoms with E-state index < -0.39 is 170 Å². The molecule has 1 heterocycles. The van der Waals surface area contributed by atoms with Gasteiger partial charge in [-0.1, -0.05) is 32.0 Å². The number of nitrogens with one attached hydrogen (secondary N) is 9. The Morgan fingerprint density at radius 2 is 1.05 bits per heavy atom. The molecule has 9 atom stereocenters. The minimum Gasteiger partial charge on any atom is -0.481 e. The predicted molar refractivity (Wildman–Crippen MR) is 266 cm³/mol. The molecule has 0 unspecified atom stereocenters. The molecule has 0 saturated heterocycles. The summed E-state index contributed by atoms with van der Waals surface area (Å²) in [7, 11) is 0. The van der Waals surface area contributed by atoms with Crippen molar-refractivity contribution in [1.82, 2.24) is 47.5 Å². The normalized spacial score (nSPS) is 14.6. The van der Waals surface area contributed by atoms with Crippen LogP contribution in [-0.4, -0.2) is 165 Å². The fourth-order valence-corrected chi connectivity index (χ4v) is 7.28. The zero-order valence-corrected chi connectivity index (χ0v) is 42.2. The molecule has 11 amide bonds. The Morgan fingerprint density at radius 1 is 0.553 bits per heavy atom.